The van der Waals surface area contributed by atoms with Gasteiger partial charge in [-0.05, 0) is 72.7 Å². The number of nitrogens with zero attached hydrogens (tertiary/aromatic N) is 2. The Morgan fingerprint density at radius 2 is 1.67 bits per heavy atom. The van der Waals surface area contributed by atoms with Gasteiger partial charge in [0.05, 0.1) is 25.8 Å². The molecular weight excluding hydrogens is 474 g/mol. The highest BCUT2D eigenvalue weighted by Gasteiger charge is 2.43. The number of rotatable bonds is 9. The van der Waals surface area contributed by atoms with Gasteiger partial charge in [0.25, 0.3) is 5.91 Å². The number of anilines is 2. The fraction of sp³-hybridized carbons (Fsp3) is 0.250. The number of nitrogens with one attached hydrogen (secondary N) is 1. The maximum Gasteiger partial charge on any atom is 0.257 e. The van der Waals surface area contributed by atoms with E-state index in [4.69, 9.17) is 21.7 Å². The molecule has 0 unspecified atom stereocenters. The van der Waals surface area contributed by atoms with E-state index in [9.17, 15) is 9.59 Å². The lowest BCUT2D eigenvalue weighted by Gasteiger charge is -2.30. The monoisotopic (exact) mass is 503 g/mol. The van der Waals surface area contributed by atoms with Crippen LogP contribution in [0.4, 0.5) is 11.4 Å². The highest BCUT2D eigenvalue weighted by Crippen LogP contribution is 2.29. The zero-order valence-corrected chi connectivity index (χ0v) is 21.2. The van der Waals surface area contributed by atoms with Crippen molar-refractivity contribution in [3.8, 4) is 11.5 Å². The summed E-state index contributed by atoms with van der Waals surface area (Å²) in [6, 6.07) is 23.3. The molecule has 3 aromatic rings. The summed E-state index contributed by atoms with van der Waals surface area (Å²) < 4.78 is 10.9. The second-order valence-corrected chi connectivity index (χ2v) is 8.79. The van der Waals surface area contributed by atoms with Gasteiger partial charge in [-0.1, -0.05) is 37.3 Å². The number of amides is 2. The van der Waals surface area contributed by atoms with E-state index in [1.807, 2.05) is 61.5 Å². The van der Waals surface area contributed by atoms with Crippen LogP contribution in [0.25, 0.3) is 0 Å². The number of carbonyl (C=O) groups excluding carboxylic acids is 2. The van der Waals surface area contributed by atoms with Crippen LogP contribution in [0.5, 0.6) is 11.5 Å². The van der Waals surface area contributed by atoms with Gasteiger partial charge in [0.15, 0.2) is 5.11 Å². The third-order valence-corrected chi connectivity index (χ3v) is 6.20. The molecule has 1 N–H and O–H groups in total. The van der Waals surface area contributed by atoms with E-state index in [0.29, 0.717) is 29.7 Å². The molecule has 1 heterocycles. The lowest BCUT2D eigenvalue weighted by atomic mass is 10.1. The van der Waals surface area contributed by atoms with E-state index in [2.05, 4.69) is 5.32 Å². The van der Waals surface area contributed by atoms with Crippen molar-refractivity contribution in [3.63, 3.8) is 0 Å². The van der Waals surface area contributed by atoms with Gasteiger partial charge in [-0.2, -0.15) is 0 Å². The third kappa shape index (κ3) is 5.83. The number of hydrogen-bond acceptors (Lipinski definition) is 5. The van der Waals surface area contributed by atoms with Crippen LogP contribution in [0.3, 0.4) is 0 Å². The molecule has 0 spiro atoms. The molecule has 1 aliphatic rings. The number of hydrogen-bond donors (Lipinski definition) is 1. The second kappa shape index (κ2) is 11.7. The SMILES string of the molecule is CCCOc1ccc(N2C(=O)C[C@@H](N(Cc3ccc(OC)cc3)C(=S)Nc3ccccc3)C2=O)cc1. The van der Waals surface area contributed by atoms with Crippen LogP contribution in [0.1, 0.15) is 25.3 Å². The van der Waals surface area contributed by atoms with Gasteiger partial charge >= 0.3 is 0 Å². The van der Waals surface area contributed by atoms with Gasteiger partial charge in [0.2, 0.25) is 5.91 Å². The Morgan fingerprint density at radius 3 is 2.31 bits per heavy atom. The Balaban J connectivity index is 1.58. The first-order chi connectivity index (χ1) is 17.5. The summed E-state index contributed by atoms with van der Waals surface area (Å²) in [5.41, 5.74) is 2.25. The third-order valence-electron chi connectivity index (χ3n) is 5.86. The molecule has 1 fully saturated rings. The highest BCUT2D eigenvalue weighted by atomic mass is 32.1. The van der Waals surface area contributed by atoms with Gasteiger partial charge in [-0.3, -0.25) is 9.59 Å². The zero-order chi connectivity index (χ0) is 25.5. The Morgan fingerprint density at radius 1 is 1.00 bits per heavy atom. The summed E-state index contributed by atoms with van der Waals surface area (Å²) in [5, 5.41) is 3.58. The highest BCUT2D eigenvalue weighted by molar-refractivity contribution is 7.80. The van der Waals surface area contributed by atoms with Crippen molar-refractivity contribution in [1.29, 1.82) is 0 Å². The summed E-state index contributed by atoms with van der Waals surface area (Å²) in [6.45, 7) is 2.99. The summed E-state index contributed by atoms with van der Waals surface area (Å²) in [7, 11) is 1.61. The molecule has 0 bridgehead atoms. The number of para-hydroxylation sites is 1. The zero-order valence-electron chi connectivity index (χ0n) is 20.3. The predicted octanol–water partition coefficient (Wildman–Crippen LogP) is 5.02. The first-order valence-corrected chi connectivity index (χ1v) is 12.3. The van der Waals surface area contributed by atoms with Crippen LogP contribution in [-0.2, 0) is 16.1 Å². The summed E-state index contributed by atoms with van der Waals surface area (Å²) in [5.74, 6) is 0.855. The van der Waals surface area contributed by atoms with Crippen LogP contribution in [0.15, 0.2) is 78.9 Å². The van der Waals surface area contributed by atoms with Crippen molar-refractivity contribution in [2.24, 2.45) is 0 Å². The van der Waals surface area contributed by atoms with Crippen LogP contribution in [-0.4, -0.2) is 41.6 Å². The topological polar surface area (TPSA) is 71.1 Å². The maximum absolute atomic E-state index is 13.6. The molecular formula is C28H29N3O4S. The summed E-state index contributed by atoms with van der Waals surface area (Å²) >= 11 is 5.74. The van der Waals surface area contributed by atoms with Crippen molar-refractivity contribution < 1.29 is 19.1 Å². The molecule has 1 saturated heterocycles. The second-order valence-electron chi connectivity index (χ2n) is 8.40. The number of ether oxygens (including phenoxy) is 2. The van der Waals surface area contributed by atoms with Crippen molar-refractivity contribution in [1.82, 2.24) is 4.90 Å². The van der Waals surface area contributed by atoms with E-state index < -0.39 is 6.04 Å². The molecule has 0 radical (unpaired) electrons. The largest absolute Gasteiger partial charge is 0.497 e. The van der Waals surface area contributed by atoms with E-state index >= 15 is 0 Å². The Labute approximate surface area is 216 Å². The van der Waals surface area contributed by atoms with Gasteiger partial charge in [-0.15, -0.1) is 0 Å². The van der Waals surface area contributed by atoms with Crippen LogP contribution < -0.4 is 19.7 Å². The van der Waals surface area contributed by atoms with Crippen LogP contribution in [0.2, 0.25) is 0 Å². The van der Waals surface area contributed by atoms with Crippen molar-refractivity contribution in [2.75, 3.05) is 23.9 Å². The van der Waals surface area contributed by atoms with Crippen molar-refractivity contribution >= 4 is 40.5 Å². The number of imide groups is 1. The van der Waals surface area contributed by atoms with Gasteiger partial charge in [0.1, 0.15) is 17.5 Å². The number of benzene rings is 3. The molecule has 186 valence electrons. The molecule has 0 aromatic heterocycles. The summed E-state index contributed by atoms with van der Waals surface area (Å²) in [6.07, 6.45) is 0.924. The molecule has 2 amide bonds. The Kier molecular flexibility index (Phi) is 8.17. The van der Waals surface area contributed by atoms with Crippen LogP contribution in [0, 0.1) is 0 Å². The standard InChI is InChI=1S/C28H29N3O4S/c1-3-17-35-24-15-11-22(12-16-24)31-26(32)18-25(27(31)33)30(19-20-9-13-23(34-2)14-10-20)28(36)29-21-7-5-4-6-8-21/h4-16,25H,3,17-19H2,1-2H3,(H,29,36)/t25-/m1/s1. The Hall–Kier alpha value is -3.91. The first kappa shape index (κ1) is 25.2. The summed E-state index contributed by atoms with van der Waals surface area (Å²) in [4.78, 5) is 29.6. The normalized spacial score (nSPS) is 15.1. The molecule has 7 nitrogen and oxygen atoms in total. The van der Waals surface area contributed by atoms with Gasteiger partial charge in [-0.25, -0.2) is 4.90 Å². The molecule has 3 aromatic carbocycles. The molecule has 1 aliphatic heterocycles. The van der Waals surface area contributed by atoms with E-state index in [0.717, 1.165) is 23.4 Å². The average Bonchev–Trinajstić information content (AvgIpc) is 3.20. The van der Waals surface area contributed by atoms with E-state index in [1.54, 1.807) is 36.3 Å². The van der Waals surface area contributed by atoms with Gasteiger partial charge in [0, 0.05) is 12.2 Å². The molecule has 4 rings (SSSR count). The predicted molar refractivity (Wildman–Crippen MR) is 144 cm³/mol. The minimum Gasteiger partial charge on any atom is -0.497 e. The molecule has 36 heavy (non-hydrogen) atoms. The van der Waals surface area contributed by atoms with Crippen molar-refractivity contribution in [3.05, 3.63) is 84.4 Å². The number of thiocarbonyl (C=S) groups is 1. The smallest absolute Gasteiger partial charge is 0.257 e. The molecule has 1 atom stereocenters. The van der Waals surface area contributed by atoms with Gasteiger partial charge < -0.3 is 19.7 Å². The van der Waals surface area contributed by atoms with E-state index in [-0.39, 0.29) is 18.2 Å². The molecule has 8 heteroatoms. The fourth-order valence-electron chi connectivity index (χ4n) is 4.01. The molecule has 0 aliphatic carbocycles. The number of methoxy groups -OCH3 is 1. The Bertz CT molecular complexity index is 1200. The van der Waals surface area contributed by atoms with Crippen molar-refractivity contribution in [2.45, 2.75) is 32.4 Å². The quantitative estimate of drug-likeness (QED) is 0.325. The first-order valence-electron chi connectivity index (χ1n) is 11.9. The minimum absolute atomic E-state index is 0.0275. The minimum atomic E-state index is -0.737. The lowest BCUT2D eigenvalue weighted by molar-refractivity contribution is -0.122. The maximum atomic E-state index is 13.6. The lowest BCUT2D eigenvalue weighted by Crippen LogP contribution is -2.46. The number of carbonyl (C=O) groups is 2. The average molecular weight is 504 g/mol. The van der Waals surface area contributed by atoms with E-state index in [1.165, 1.54) is 4.90 Å². The van der Waals surface area contributed by atoms with Crippen LogP contribution >= 0.6 is 12.2 Å². The molecule has 0 saturated carbocycles. The fourth-order valence-corrected chi connectivity index (χ4v) is 4.32.